The van der Waals surface area contributed by atoms with E-state index < -0.39 is 0 Å². The number of rotatable bonds is 3. The molecule has 1 fully saturated rings. The summed E-state index contributed by atoms with van der Waals surface area (Å²) >= 11 is 6.05. The number of piperidine rings is 1. The van der Waals surface area contributed by atoms with E-state index in [9.17, 15) is 4.79 Å². The molecule has 1 amide bonds. The summed E-state index contributed by atoms with van der Waals surface area (Å²) in [5.74, 6) is 0.0972. The van der Waals surface area contributed by atoms with Crippen LogP contribution in [0, 0.1) is 6.92 Å². The predicted molar refractivity (Wildman–Crippen MR) is 78.8 cm³/mol. The topological polar surface area (TPSA) is 32.3 Å². The highest BCUT2D eigenvalue weighted by Crippen LogP contribution is 2.19. The Morgan fingerprint density at radius 1 is 1.37 bits per heavy atom. The summed E-state index contributed by atoms with van der Waals surface area (Å²) < 4.78 is 0. The lowest BCUT2D eigenvalue weighted by atomic mass is 10.0. The van der Waals surface area contributed by atoms with Crippen molar-refractivity contribution in [3.63, 3.8) is 0 Å². The second kappa shape index (κ2) is 6.40. The zero-order valence-corrected chi connectivity index (χ0v) is 12.3. The number of carbonyl (C=O) groups excluding carboxylic acids is 1. The van der Waals surface area contributed by atoms with Crippen LogP contribution >= 0.6 is 11.6 Å². The van der Waals surface area contributed by atoms with Crippen molar-refractivity contribution < 1.29 is 4.79 Å². The maximum absolute atomic E-state index is 12.6. The number of benzene rings is 1. The van der Waals surface area contributed by atoms with Crippen LogP contribution in [0.1, 0.15) is 35.7 Å². The molecular weight excluding hydrogens is 260 g/mol. The Hall–Kier alpha value is -1.06. The van der Waals surface area contributed by atoms with Gasteiger partial charge in [-0.3, -0.25) is 4.79 Å². The molecule has 1 aliphatic rings. The van der Waals surface area contributed by atoms with E-state index in [0.29, 0.717) is 16.6 Å². The van der Waals surface area contributed by atoms with Gasteiger partial charge in [0.2, 0.25) is 0 Å². The van der Waals surface area contributed by atoms with Gasteiger partial charge in [-0.2, -0.15) is 0 Å². The van der Waals surface area contributed by atoms with Crippen molar-refractivity contribution in [2.75, 3.05) is 19.6 Å². The van der Waals surface area contributed by atoms with Gasteiger partial charge in [-0.1, -0.05) is 11.6 Å². The van der Waals surface area contributed by atoms with E-state index in [4.69, 9.17) is 11.6 Å². The van der Waals surface area contributed by atoms with Crippen LogP contribution in [0.3, 0.4) is 0 Å². The molecule has 0 aliphatic carbocycles. The highest BCUT2D eigenvalue weighted by atomic mass is 35.5. The largest absolute Gasteiger partial charge is 0.336 e. The number of hydrogen-bond acceptors (Lipinski definition) is 2. The number of halogens is 1. The average Bonchev–Trinajstić information content (AvgIpc) is 2.39. The molecule has 19 heavy (non-hydrogen) atoms. The van der Waals surface area contributed by atoms with Gasteiger partial charge in [0, 0.05) is 23.2 Å². The molecule has 4 heteroatoms. The number of aryl methyl sites for hydroxylation is 1. The molecule has 0 saturated carbocycles. The molecule has 3 nitrogen and oxygen atoms in total. The molecule has 1 heterocycles. The summed E-state index contributed by atoms with van der Waals surface area (Å²) in [6.45, 7) is 6.72. The predicted octanol–water partition coefficient (Wildman–Crippen LogP) is 2.86. The maximum Gasteiger partial charge on any atom is 0.254 e. The minimum Gasteiger partial charge on any atom is -0.336 e. The van der Waals surface area contributed by atoms with E-state index in [1.807, 2.05) is 30.9 Å². The zero-order valence-electron chi connectivity index (χ0n) is 11.6. The van der Waals surface area contributed by atoms with Crippen LogP contribution in [0.25, 0.3) is 0 Å². The second-order valence-corrected chi connectivity index (χ2v) is 5.53. The van der Waals surface area contributed by atoms with Gasteiger partial charge in [0.05, 0.1) is 0 Å². The zero-order chi connectivity index (χ0) is 13.8. The molecule has 0 radical (unpaired) electrons. The van der Waals surface area contributed by atoms with Crippen LogP contribution < -0.4 is 5.32 Å². The van der Waals surface area contributed by atoms with Crippen LogP contribution in [0.2, 0.25) is 5.02 Å². The Balaban J connectivity index is 2.19. The Kier molecular flexibility index (Phi) is 4.83. The first-order valence-electron chi connectivity index (χ1n) is 6.90. The van der Waals surface area contributed by atoms with Crippen molar-refractivity contribution in [3.8, 4) is 0 Å². The number of amides is 1. The fraction of sp³-hybridized carbons (Fsp3) is 0.533. The van der Waals surface area contributed by atoms with E-state index in [2.05, 4.69) is 5.32 Å². The van der Waals surface area contributed by atoms with Gasteiger partial charge in [-0.15, -0.1) is 0 Å². The molecule has 1 aliphatic heterocycles. The molecular formula is C15H21ClN2O. The highest BCUT2D eigenvalue weighted by Gasteiger charge is 2.25. The molecule has 0 unspecified atom stereocenters. The van der Waals surface area contributed by atoms with Crippen molar-refractivity contribution in [2.24, 2.45) is 0 Å². The fourth-order valence-electron chi connectivity index (χ4n) is 2.71. The summed E-state index contributed by atoms with van der Waals surface area (Å²) in [6, 6.07) is 5.90. The lowest BCUT2D eigenvalue weighted by Gasteiger charge is -2.34. The van der Waals surface area contributed by atoms with Gasteiger partial charge in [0.1, 0.15) is 0 Å². The number of nitrogens with zero attached hydrogens (tertiary/aromatic N) is 1. The van der Waals surface area contributed by atoms with E-state index in [1.54, 1.807) is 6.07 Å². The quantitative estimate of drug-likeness (QED) is 0.923. The third-order valence-corrected chi connectivity index (χ3v) is 3.86. The molecule has 0 aromatic heterocycles. The minimum atomic E-state index is 0.0972. The van der Waals surface area contributed by atoms with Gasteiger partial charge >= 0.3 is 0 Å². The summed E-state index contributed by atoms with van der Waals surface area (Å²) in [6.07, 6.45) is 2.05. The standard InChI is InChI=1S/C15H21ClN2O/c1-3-18(14-4-6-17-7-5-14)15(19)12-8-11(2)9-13(16)10-12/h8-10,14,17H,3-7H2,1-2H3. The number of nitrogens with one attached hydrogen (secondary N) is 1. The number of hydrogen-bond donors (Lipinski definition) is 1. The first-order chi connectivity index (χ1) is 9.11. The van der Waals surface area contributed by atoms with Crippen molar-refractivity contribution in [3.05, 3.63) is 34.3 Å². The SMILES string of the molecule is CCN(C(=O)c1cc(C)cc(Cl)c1)C1CCNCC1. The fourth-order valence-corrected chi connectivity index (χ4v) is 3.00. The van der Waals surface area contributed by atoms with Crippen molar-refractivity contribution in [1.29, 1.82) is 0 Å². The highest BCUT2D eigenvalue weighted by molar-refractivity contribution is 6.31. The van der Waals surface area contributed by atoms with Crippen LogP contribution in [0.15, 0.2) is 18.2 Å². The smallest absolute Gasteiger partial charge is 0.254 e. The summed E-state index contributed by atoms with van der Waals surface area (Å²) in [5.41, 5.74) is 1.72. The Bertz CT molecular complexity index is 435. The third kappa shape index (κ3) is 3.48. The molecule has 0 spiro atoms. The van der Waals surface area contributed by atoms with Crippen molar-refractivity contribution in [2.45, 2.75) is 32.7 Å². The van der Waals surface area contributed by atoms with Gasteiger partial charge in [-0.05, 0) is 63.5 Å². The normalized spacial score (nSPS) is 16.4. The van der Waals surface area contributed by atoms with Crippen LogP contribution in [0.4, 0.5) is 0 Å². The monoisotopic (exact) mass is 280 g/mol. The Labute approximate surface area is 119 Å². The van der Waals surface area contributed by atoms with E-state index >= 15 is 0 Å². The maximum atomic E-state index is 12.6. The molecule has 0 atom stereocenters. The molecule has 1 aromatic carbocycles. The molecule has 0 bridgehead atoms. The van der Waals surface area contributed by atoms with E-state index in [-0.39, 0.29) is 5.91 Å². The first-order valence-corrected chi connectivity index (χ1v) is 7.28. The van der Waals surface area contributed by atoms with E-state index in [1.165, 1.54) is 0 Å². The first kappa shape index (κ1) is 14.4. The molecule has 1 saturated heterocycles. The van der Waals surface area contributed by atoms with Crippen LogP contribution in [0.5, 0.6) is 0 Å². The molecule has 1 aromatic rings. The Morgan fingerprint density at radius 3 is 2.63 bits per heavy atom. The summed E-state index contributed by atoms with van der Waals surface area (Å²) in [5, 5.41) is 3.96. The summed E-state index contributed by atoms with van der Waals surface area (Å²) in [7, 11) is 0. The van der Waals surface area contributed by atoms with E-state index in [0.717, 1.165) is 38.0 Å². The lowest BCUT2D eigenvalue weighted by Crippen LogP contribution is -2.46. The van der Waals surface area contributed by atoms with Crippen molar-refractivity contribution >= 4 is 17.5 Å². The van der Waals surface area contributed by atoms with Gasteiger partial charge in [-0.25, -0.2) is 0 Å². The van der Waals surface area contributed by atoms with Crippen LogP contribution in [-0.2, 0) is 0 Å². The van der Waals surface area contributed by atoms with Crippen LogP contribution in [-0.4, -0.2) is 36.5 Å². The van der Waals surface area contributed by atoms with Gasteiger partial charge in [0.15, 0.2) is 0 Å². The lowest BCUT2D eigenvalue weighted by molar-refractivity contribution is 0.0656. The third-order valence-electron chi connectivity index (χ3n) is 3.64. The van der Waals surface area contributed by atoms with Gasteiger partial charge in [0.25, 0.3) is 5.91 Å². The molecule has 2 rings (SSSR count). The molecule has 1 N–H and O–H groups in total. The van der Waals surface area contributed by atoms with Gasteiger partial charge < -0.3 is 10.2 Å². The minimum absolute atomic E-state index is 0.0972. The number of carbonyl (C=O) groups is 1. The second-order valence-electron chi connectivity index (χ2n) is 5.09. The average molecular weight is 281 g/mol. The Morgan fingerprint density at radius 2 is 2.05 bits per heavy atom. The van der Waals surface area contributed by atoms with Crippen molar-refractivity contribution in [1.82, 2.24) is 10.2 Å². The molecule has 104 valence electrons. The summed E-state index contributed by atoms with van der Waals surface area (Å²) in [4.78, 5) is 14.6.